The van der Waals surface area contributed by atoms with Gasteiger partial charge >= 0.3 is 0 Å². The zero-order valence-electron chi connectivity index (χ0n) is 16.9. The van der Waals surface area contributed by atoms with Crippen LogP contribution in [0.25, 0.3) is 45.2 Å². The fourth-order valence-electron chi connectivity index (χ4n) is 3.52. The number of hydrogen-bond donors (Lipinski definition) is 0. The second kappa shape index (κ2) is 9.20. The topological polar surface area (TPSA) is 38.9 Å². The van der Waals surface area contributed by atoms with E-state index in [0.29, 0.717) is 43.0 Å². The predicted molar refractivity (Wildman–Crippen MR) is 136 cm³/mol. The van der Waals surface area contributed by atoms with Crippen LogP contribution in [0.3, 0.4) is 0 Å². The van der Waals surface area contributed by atoms with Crippen LogP contribution in [0.2, 0.25) is 20.1 Å². The molecular weight excluding hydrogens is 498 g/mol. The van der Waals surface area contributed by atoms with Crippen molar-refractivity contribution in [1.29, 1.82) is 0 Å². The Labute approximate surface area is 210 Å². The van der Waals surface area contributed by atoms with Crippen molar-refractivity contribution in [2.75, 3.05) is 0 Å². The second-order valence-electron chi connectivity index (χ2n) is 7.24. The number of furan rings is 1. The van der Waals surface area contributed by atoms with E-state index in [0.717, 1.165) is 22.3 Å². The maximum Gasteiger partial charge on any atom is 0.137 e. The monoisotopic (exact) mass is 510 g/mol. The van der Waals surface area contributed by atoms with Crippen LogP contribution in [-0.2, 0) is 0 Å². The summed E-state index contributed by atoms with van der Waals surface area (Å²) in [6, 6.07) is 26.0. The molecule has 0 aliphatic carbocycles. The van der Waals surface area contributed by atoms with E-state index in [1.807, 2.05) is 72.8 Å². The van der Waals surface area contributed by atoms with E-state index in [1.165, 1.54) is 0 Å². The molecule has 0 saturated heterocycles. The lowest BCUT2D eigenvalue weighted by Gasteiger charge is -2.11. The molecule has 162 valence electrons. The third-order valence-electron chi connectivity index (χ3n) is 5.15. The Balaban J connectivity index is 1.68. The molecule has 0 bridgehead atoms. The lowest BCUT2D eigenvalue weighted by atomic mass is 10.0. The van der Waals surface area contributed by atoms with Gasteiger partial charge in [-0.05, 0) is 48.5 Å². The number of aromatic nitrogens is 2. The van der Waals surface area contributed by atoms with Crippen LogP contribution in [-0.4, -0.2) is 10.2 Å². The molecule has 3 aromatic carbocycles. The summed E-state index contributed by atoms with van der Waals surface area (Å²) >= 11 is 25.2. The fourth-order valence-corrected chi connectivity index (χ4v) is 4.28. The van der Waals surface area contributed by atoms with Gasteiger partial charge in [0.1, 0.15) is 17.2 Å². The number of nitrogens with zero attached hydrogens (tertiary/aromatic N) is 2. The summed E-state index contributed by atoms with van der Waals surface area (Å²) in [5.74, 6) is 1.25. The first-order valence-electron chi connectivity index (χ1n) is 9.94. The summed E-state index contributed by atoms with van der Waals surface area (Å²) in [5, 5.41) is 11.0. The molecule has 0 spiro atoms. The Bertz CT molecular complexity index is 1480. The quantitative estimate of drug-likeness (QED) is 0.241. The van der Waals surface area contributed by atoms with Gasteiger partial charge in [0.2, 0.25) is 0 Å². The van der Waals surface area contributed by atoms with Crippen molar-refractivity contribution < 1.29 is 4.42 Å². The molecule has 7 heteroatoms. The molecule has 0 atom stereocenters. The Morgan fingerprint density at radius 2 is 1.18 bits per heavy atom. The van der Waals surface area contributed by atoms with Crippen LogP contribution < -0.4 is 0 Å². The van der Waals surface area contributed by atoms with Crippen molar-refractivity contribution in [3.8, 4) is 45.2 Å². The molecule has 0 aliphatic rings. The minimum atomic E-state index is 0.454. The third-order valence-corrected chi connectivity index (χ3v) is 6.55. The molecule has 0 saturated carbocycles. The van der Waals surface area contributed by atoms with Gasteiger partial charge in [-0.1, -0.05) is 82.8 Å². The molecule has 0 unspecified atom stereocenters. The summed E-state index contributed by atoms with van der Waals surface area (Å²) < 4.78 is 6.23. The average molecular weight is 512 g/mol. The molecule has 2 aromatic heterocycles. The highest BCUT2D eigenvalue weighted by molar-refractivity contribution is 6.42. The lowest BCUT2D eigenvalue weighted by Crippen LogP contribution is -1.96. The first-order valence-corrected chi connectivity index (χ1v) is 11.5. The molecule has 0 fully saturated rings. The zero-order chi connectivity index (χ0) is 22.9. The van der Waals surface area contributed by atoms with Crippen molar-refractivity contribution in [3.63, 3.8) is 0 Å². The van der Waals surface area contributed by atoms with Gasteiger partial charge in [0.05, 0.1) is 25.8 Å². The standard InChI is InChI=1S/C26H14Cl4N2O/c27-19-7-3-1-5-16(19)23-14-18(26(32-31-23)17-6-2-4-8-20(17)28)25-12-11-24(33-25)15-9-10-21(29)22(30)13-15/h1-14H. The van der Waals surface area contributed by atoms with Crippen LogP contribution in [0.5, 0.6) is 0 Å². The summed E-state index contributed by atoms with van der Waals surface area (Å²) in [7, 11) is 0. The average Bonchev–Trinajstić information content (AvgIpc) is 3.31. The van der Waals surface area contributed by atoms with Gasteiger partial charge in [-0.15, -0.1) is 10.2 Å². The molecule has 3 nitrogen and oxygen atoms in total. The molecule has 0 N–H and O–H groups in total. The first kappa shape index (κ1) is 22.0. The highest BCUT2D eigenvalue weighted by Crippen LogP contribution is 2.39. The molecule has 33 heavy (non-hydrogen) atoms. The molecule has 2 heterocycles. The number of halogens is 4. The van der Waals surface area contributed by atoms with E-state index in [9.17, 15) is 0 Å². The van der Waals surface area contributed by atoms with E-state index in [2.05, 4.69) is 10.2 Å². The van der Waals surface area contributed by atoms with Gasteiger partial charge in [-0.2, -0.15) is 0 Å². The predicted octanol–water partition coefficient (Wildman–Crippen LogP) is 9.35. The van der Waals surface area contributed by atoms with E-state index in [4.69, 9.17) is 50.8 Å². The molecule has 5 aromatic rings. The summed E-state index contributed by atoms with van der Waals surface area (Å²) in [6.07, 6.45) is 0. The minimum absolute atomic E-state index is 0.454. The Hall–Kier alpha value is -2.82. The van der Waals surface area contributed by atoms with Gasteiger partial charge in [0.25, 0.3) is 0 Å². The highest BCUT2D eigenvalue weighted by atomic mass is 35.5. The molecule has 0 amide bonds. The third kappa shape index (κ3) is 4.38. The van der Waals surface area contributed by atoms with E-state index in [1.54, 1.807) is 12.1 Å². The van der Waals surface area contributed by atoms with Crippen molar-refractivity contribution in [2.45, 2.75) is 0 Å². The molecular formula is C26H14Cl4N2O. The minimum Gasteiger partial charge on any atom is -0.456 e. The van der Waals surface area contributed by atoms with Crippen molar-refractivity contribution in [3.05, 3.63) is 105 Å². The smallest absolute Gasteiger partial charge is 0.137 e. The first-order chi connectivity index (χ1) is 16.0. The summed E-state index contributed by atoms with van der Waals surface area (Å²) in [6.45, 7) is 0. The van der Waals surface area contributed by atoms with E-state index in [-0.39, 0.29) is 0 Å². The second-order valence-corrected chi connectivity index (χ2v) is 8.87. The number of benzene rings is 3. The van der Waals surface area contributed by atoms with E-state index < -0.39 is 0 Å². The summed E-state index contributed by atoms with van der Waals surface area (Å²) in [4.78, 5) is 0. The van der Waals surface area contributed by atoms with Gasteiger partial charge in [0.15, 0.2) is 0 Å². The maximum atomic E-state index is 6.49. The number of rotatable bonds is 4. The van der Waals surface area contributed by atoms with Crippen molar-refractivity contribution in [1.82, 2.24) is 10.2 Å². The lowest BCUT2D eigenvalue weighted by molar-refractivity contribution is 0.597. The van der Waals surface area contributed by atoms with Crippen LogP contribution in [0.4, 0.5) is 0 Å². The van der Waals surface area contributed by atoms with Gasteiger partial charge in [-0.25, -0.2) is 0 Å². The Morgan fingerprint density at radius 3 is 1.88 bits per heavy atom. The van der Waals surface area contributed by atoms with Crippen molar-refractivity contribution in [2.24, 2.45) is 0 Å². The Morgan fingerprint density at radius 1 is 0.515 bits per heavy atom. The van der Waals surface area contributed by atoms with Gasteiger partial charge in [-0.3, -0.25) is 0 Å². The Kier molecular flexibility index (Phi) is 6.13. The molecule has 0 aliphatic heterocycles. The fraction of sp³-hybridized carbons (Fsp3) is 0. The SMILES string of the molecule is Clc1ccc(-c2ccc(-c3cc(-c4ccccc4Cl)nnc3-c3ccccc3Cl)o2)cc1Cl. The highest BCUT2D eigenvalue weighted by Gasteiger charge is 2.19. The van der Waals surface area contributed by atoms with Crippen molar-refractivity contribution >= 4 is 46.4 Å². The summed E-state index contributed by atoms with van der Waals surface area (Å²) in [5.41, 5.74) is 4.29. The van der Waals surface area contributed by atoms with E-state index >= 15 is 0 Å². The number of hydrogen-bond acceptors (Lipinski definition) is 3. The van der Waals surface area contributed by atoms with Gasteiger partial charge < -0.3 is 4.42 Å². The zero-order valence-corrected chi connectivity index (χ0v) is 19.9. The van der Waals surface area contributed by atoms with Crippen LogP contribution >= 0.6 is 46.4 Å². The normalized spacial score (nSPS) is 11.0. The molecule has 0 radical (unpaired) electrons. The van der Waals surface area contributed by atoms with Gasteiger partial charge in [0, 0.05) is 22.3 Å². The van der Waals surface area contributed by atoms with Crippen LogP contribution in [0.1, 0.15) is 0 Å². The van der Waals surface area contributed by atoms with Crippen LogP contribution in [0.15, 0.2) is 89.3 Å². The maximum absolute atomic E-state index is 6.49. The molecule has 5 rings (SSSR count). The van der Waals surface area contributed by atoms with Crippen LogP contribution in [0, 0.1) is 0 Å². The largest absolute Gasteiger partial charge is 0.456 e.